The number of hydrogen-bond donors (Lipinski definition) is 3. The second-order valence-corrected chi connectivity index (χ2v) is 8.75. The lowest BCUT2D eigenvalue weighted by Crippen LogP contribution is -2.49. The standard InChI is InChI=1S/C20H23Br2NO3/c1-12(20(26)13-2-4-18(24)5-3-13)23-7-6-14(10-19(23)25)15-8-16(21)11-17(22)9-15/h2-5,8-9,11-12,14,19-20,24-26H,6-7,10H2,1H3. The highest BCUT2D eigenvalue weighted by Crippen LogP contribution is 2.36. The average Bonchev–Trinajstić information content (AvgIpc) is 2.60. The second-order valence-electron chi connectivity index (χ2n) is 6.92. The summed E-state index contributed by atoms with van der Waals surface area (Å²) in [6.07, 6.45) is 0.234. The summed E-state index contributed by atoms with van der Waals surface area (Å²) >= 11 is 7.05. The van der Waals surface area contributed by atoms with Gasteiger partial charge in [-0.3, -0.25) is 4.90 Å². The number of piperidine rings is 1. The third kappa shape index (κ3) is 4.49. The van der Waals surface area contributed by atoms with Gasteiger partial charge in [-0.05, 0) is 67.1 Å². The monoisotopic (exact) mass is 483 g/mol. The van der Waals surface area contributed by atoms with Crippen molar-refractivity contribution in [1.82, 2.24) is 4.90 Å². The Kier molecular flexibility index (Phi) is 6.41. The van der Waals surface area contributed by atoms with Gasteiger partial charge in [0.05, 0.1) is 6.10 Å². The second kappa shape index (κ2) is 8.40. The van der Waals surface area contributed by atoms with Crippen molar-refractivity contribution in [3.63, 3.8) is 0 Å². The molecule has 1 saturated heterocycles. The molecule has 4 nitrogen and oxygen atoms in total. The first-order valence-electron chi connectivity index (χ1n) is 8.72. The highest BCUT2D eigenvalue weighted by atomic mass is 79.9. The van der Waals surface area contributed by atoms with Crippen LogP contribution in [0.5, 0.6) is 5.75 Å². The molecule has 2 aromatic rings. The predicted octanol–water partition coefficient (Wildman–Crippen LogP) is 4.54. The zero-order valence-electron chi connectivity index (χ0n) is 14.5. The number of phenolic OH excluding ortho intramolecular Hbond substituents is 1. The summed E-state index contributed by atoms with van der Waals surface area (Å²) in [7, 11) is 0. The predicted molar refractivity (Wildman–Crippen MR) is 109 cm³/mol. The Hall–Kier alpha value is -0.920. The van der Waals surface area contributed by atoms with E-state index in [0.717, 1.165) is 20.9 Å². The third-order valence-corrected chi connectivity index (χ3v) is 6.10. The number of nitrogens with zero attached hydrogens (tertiary/aromatic N) is 1. The first kappa shape index (κ1) is 19.8. The van der Waals surface area contributed by atoms with Crippen LogP contribution >= 0.6 is 31.9 Å². The first-order valence-corrected chi connectivity index (χ1v) is 10.3. The summed E-state index contributed by atoms with van der Waals surface area (Å²) in [6.45, 7) is 2.64. The van der Waals surface area contributed by atoms with Crippen molar-refractivity contribution < 1.29 is 15.3 Å². The summed E-state index contributed by atoms with van der Waals surface area (Å²) < 4.78 is 2.05. The maximum absolute atomic E-state index is 10.7. The molecular weight excluding hydrogens is 462 g/mol. The molecule has 0 spiro atoms. The van der Waals surface area contributed by atoms with Crippen molar-refractivity contribution in [3.05, 3.63) is 62.5 Å². The number of likely N-dealkylation sites (tertiary alicyclic amines) is 1. The molecule has 0 amide bonds. The van der Waals surface area contributed by atoms with Gasteiger partial charge in [0.2, 0.25) is 0 Å². The molecule has 0 radical (unpaired) electrons. The van der Waals surface area contributed by atoms with Crippen molar-refractivity contribution in [2.24, 2.45) is 0 Å². The van der Waals surface area contributed by atoms with E-state index in [2.05, 4.69) is 44.0 Å². The lowest BCUT2D eigenvalue weighted by atomic mass is 9.87. The van der Waals surface area contributed by atoms with E-state index in [4.69, 9.17) is 0 Å². The number of aromatic hydroxyl groups is 1. The number of aliphatic hydroxyl groups excluding tert-OH is 2. The van der Waals surface area contributed by atoms with Crippen molar-refractivity contribution >= 4 is 31.9 Å². The van der Waals surface area contributed by atoms with Gasteiger partial charge in [-0.2, -0.15) is 0 Å². The molecule has 140 valence electrons. The van der Waals surface area contributed by atoms with Gasteiger partial charge in [0.25, 0.3) is 0 Å². The maximum atomic E-state index is 10.7. The van der Waals surface area contributed by atoms with Crippen LogP contribution in [0.2, 0.25) is 0 Å². The minimum atomic E-state index is -0.721. The lowest BCUT2D eigenvalue weighted by molar-refractivity contribution is -0.0820. The van der Waals surface area contributed by atoms with Gasteiger partial charge in [0.1, 0.15) is 12.0 Å². The topological polar surface area (TPSA) is 63.9 Å². The molecule has 4 atom stereocenters. The Bertz CT molecular complexity index is 733. The Morgan fingerprint density at radius 3 is 2.27 bits per heavy atom. The number of phenols is 1. The average molecular weight is 485 g/mol. The molecule has 0 aromatic heterocycles. The Morgan fingerprint density at radius 2 is 1.69 bits per heavy atom. The van der Waals surface area contributed by atoms with Crippen molar-refractivity contribution in [3.8, 4) is 5.75 Å². The fourth-order valence-corrected chi connectivity index (χ4v) is 5.01. The van der Waals surface area contributed by atoms with E-state index in [9.17, 15) is 15.3 Å². The van der Waals surface area contributed by atoms with E-state index in [1.807, 2.05) is 17.9 Å². The minimum Gasteiger partial charge on any atom is -0.508 e. The fraction of sp³-hybridized carbons (Fsp3) is 0.400. The summed E-state index contributed by atoms with van der Waals surface area (Å²) in [5.41, 5.74) is 1.94. The van der Waals surface area contributed by atoms with E-state index >= 15 is 0 Å². The van der Waals surface area contributed by atoms with Crippen LogP contribution in [-0.4, -0.2) is 39.0 Å². The molecule has 3 rings (SSSR count). The maximum Gasteiger partial charge on any atom is 0.115 e. The summed E-state index contributed by atoms with van der Waals surface area (Å²) in [5, 5.41) is 30.8. The van der Waals surface area contributed by atoms with Gasteiger partial charge in [-0.1, -0.05) is 44.0 Å². The quantitative estimate of drug-likeness (QED) is 0.596. The summed E-state index contributed by atoms with van der Waals surface area (Å²) in [4.78, 5) is 1.96. The zero-order chi connectivity index (χ0) is 18.8. The van der Waals surface area contributed by atoms with Gasteiger partial charge in [-0.15, -0.1) is 0 Å². The Morgan fingerprint density at radius 1 is 1.08 bits per heavy atom. The molecule has 1 heterocycles. The minimum absolute atomic E-state index is 0.176. The molecule has 4 unspecified atom stereocenters. The fourth-order valence-electron chi connectivity index (χ4n) is 3.68. The Balaban J connectivity index is 1.69. The van der Waals surface area contributed by atoms with Gasteiger partial charge in [0.15, 0.2) is 0 Å². The van der Waals surface area contributed by atoms with Crippen LogP contribution in [0.15, 0.2) is 51.4 Å². The Labute approximate surface area is 170 Å². The SMILES string of the molecule is CC(C(O)c1ccc(O)cc1)N1CCC(c2cc(Br)cc(Br)c2)CC1O. The van der Waals surface area contributed by atoms with Crippen LogP contribution in [0.1, 0.15) is 42.9 Å². The van der Waals surface area contributed by atoms with Crippen LogP contribution in [0.25, 0.3) is 0 Å². The van der Waals surface area contributed by atoms with Crippen molar-refractivity contribution in [1.29, 1.82) is 0 Å². The van der Waals surface area contributed by atoms with Crippen molar-refractivity contribution in [2.75, 3.05) is 6.54 Å². The highest BCUT2D eigenvalue weighted by molar-refractivity contribution is 9.11. The number of benzene rings is 2. The molecule has 0 bridgehead atoms. The number of rotatable bonds is 4. The first-order chi connectivity index (χ1) is 12.3. The van der Waals surface area contributed by atoms with E-state index < -0.39 is 12.3 Å². The van der Waals surface area contributed by atoms with E-state index in [1.165, 1.54) is 5.56 Å². The molecule has 2 aromatic carbocycles. The molecule has 6 heteroatoms. The van der Waals surface area contributed by atoms with Crippen LogP contribution in [0.3, 0.4) is 0 Å². The molecule has 3 N–H and O–H groups in total. The number of halogens is 2. The normalized spacial score (nSPS) is 23.6. The van der Waals surface area contributed by atoms with E-state index in [1.54, 1.807) is 24.3 Å². The molecular formula is C20H23Br2NO3. The summed E-state index contributed by atoms with van der Waals surface area (Å²) in [5.74, 6) is 0.461. The number of aliphatic hydroxyl groups is 2. The molecule has 26 heavy (non-hydrogen) atoms. The lowest BCUT2D eigenvalue weighted by Gasteiger charge is -2.42. The smallest absolute Gasteiger partial charge is 0.115 e. The van der Waals surface area contributed by atoms with E-state index in [0.29, 0.717) is 13.0 Å². The third-order valence-electron chi connectivity index (χ3n) is 5.18. The molecule has 1 aliphatic heterocycles. The van der Waals surface area contributed by atoms with E-state index in [-0.39, 0.29) is 17.7 Å². The van der Waals surface area contributed by atoms with Crippen LogP contribution in [0.4, 0.5) is 0 Å². The van der Waals surface area contributed by atoms with Gasteiger partial charge in [0, 0.05) is 21.5 Å². The molecule has 1 fully saturated rings. The largest absolute Gasteiger partial charge is 0.508 e. The molecule has 0 aliphatic carbocycles. The van der Waals surface area contributed by atoms with Crippen molar-refractivity contribution in [2.45, 2.75) is 44.1 Å². The van der Waals surface area contributed by atoms with Crippen LogP contribution < -0.4 is 0 Å². The van der Waals surface area contributed by atoms with Gasteiger partial charge in [-0.25, -0.2) is 0 Å². The van der Waals surface area contributed by atoms with Gasteiger partial charge < -0.3 is 15.3 Å². The zero-order valence-corrected chi connectivity index (χ0v) is 17.7. The summed E-state index contributed by atoms with van der Waals surface area (Å²) in [6, 6.07) is 12.6. The van der Waals surface area contributed by atoms with Crippen LogP contribution in [0, 0.1) is 0 Å². The highest BCUT2D eigenvalue weighted by Gasteiger charge is 2.34. The molecule has 1 aliphatic rings. The van der Waals surface area contributed by atoms with Gasteiger partial charge >= 0.3 is 0 Å². The number of hydrogen-bond acceptors (Lipinski definition) is 4. The van der Waals surface area contributed by atoms with Crippen LogP contribution in [-0.2, 0) is 0 Å². The molecule has 0 saturated carbocycles.